The fourth-order valence-electron chi connectivity index (χ4n) is 2.69. The van der Waals surface area contributed by atoms with Crippen LogP contribution >= 0.6 is 0 Å². The second-order valence-electron chi connectivity index (χ2n) is 5.50. The first-order valence-electron chi connectivity index (χ1n) is 7.53. The predicted octanol–water partition coefficient (Wildman–Crippen LogP) is 4.81. The van der Waals surface area contributed by atoms with Crippen LogP contribution in [0.3, 0.4) is 0 Å². The Bertz CT molecular complexity index is 584. The van der Waals surface area contributed by atoms with Gasteiger partial charge in [0.05, 0.1) is 0 Å². The highest BCUT2D eigenvalue weighted by Crippen LogP contribution is 2.21. The van der Waals surface area contributed by atoms with Gasteiger partial charge in [0.15, 0.2) is 0 Å². The zero-order valence-corrected chi connectivity index (χ0v) is 12.7. The van der Waals surface area contributed by atoms with Gasteiger partial charge < -0.3 is 5.11 Å². The molecule has 20 heavy (non-hydrogen) atoms. The number of rotatable bonds is 5. The lowest BCUT2D eigenvalue weighted by molar-refractivity contribution is 0.471. The number of aryl methyl sites for hydroxylation is 3. The summed E-state index contributed by atoms with van der Waals surface area (Å²) in [7, 11) is 0. The van der Waals surface area contributed by atoms with E-state index in [0.29, 0.717) is 5.75 Å². The van der Waals surface area contributed by atoms with E-state index in [9.17, 15) is 5.11 Å². The van der Waals surface area contributed by atoms with E-state index in [1.165, 1.54) is 35.1 Å². The van der Waals surface area contributed by atoms with Gasteiger partial charge in [0.25, 0.3) is 0 Å². The largest absolute Gasteiger partial charge is 0.508 e. The first-order chi connectivity index (χ1) is 9.63. The van der Waals surface area contributed by atoms with E-state index in [1.54, 1.807) is 6.07 Å². The fourth-order valence-corrected chi connectivity index (χ4v) is 2.69. The van der Waals surface area contributed by atoms with Gasteiger partial charge in [-0.3, -0.25) is 0 Å². The minimum atomic E-state index is 0.376. The number of hydrogen-bond donors (Lipinski definition) is 1. The average Bonchev–Trinajstić information content (AvgIpc) is 2.45. The molecule has 0 atom stereocenters. The molecule has 1 heteroatoms. The van der Waals surface area contributed by atoms with E-state index in [0.717, 1.165) is 18.4 Å². The standard InChI is InChI=1S/C19H24O/c1-4-6-18-9-7-16(13-17(18)5-2)12-15-8-10-19(20)14(3)11-15/h7-11,13,20H,4-6,12H2,1-3H3. The van der Waals surface area contributed by atoms with E-state index in [-0.39, 0.29) is 0 Å². The Morgan fingerprint density at radius 2 is 1.60 bits per heavy atom. The molecule has 0 saturated carbocycles. The zero-order chi connectivity index (χ0) is 14.5. The summed E-state index contributed by atoms with van der Waals surface area (Å²) < 4.78 is 0. The Balaban J connectivity index is 2.22. The molecule has 2 aromatic rings. The van der Waals surface area contributed by atoms with Crippen molar-refractivity contribution < 1.29 is 5.11 Å². The summed E-state index contributed by atoms with van der Waals surface area (Å²) in [5.41, 5.74) is 6.51. The molecular weight excluding hydrogens is 244 g/mol. The van der Waals surface area contributed by atoms with Crippen molar-refractivity contribution >= 4 is 0 Å². The van der Waals surface area contributed by atoms with E-state index in [4.69, 9.17) is 0 Å². The van der Waals surface area contributed by atoms with Crippen LogP contribution < -0.4 is 0 Å². The summed E-state index contributed by atoms with van der Waals surface area (Å²) in [6, 6.07) is 12.7. The summed E-state index contributed by atoms with van der Waals surface area (Å²) in [6.07, 6.45) is 4.39. The molecule has 0 aliphatic heterocycles. The molecule has 0 unspecified atom stereocenters. The molecule has 2 aromatic carbocycles. The van der Waals surface area contributed by atoms with Crippen molar-refractivity contribution in [2.75, 3.05) is 0 Å². The Kier molecular flexibility index (Phi) is 4.84. The number of phenolic OH excluding ortho intramolecular Hbond substituents is 1. The van der Waals surface area contributed by atoms with Crippen LogP contribution in [-0.2, 0) is 19.3 Å². The number of hydrogen-bond acceptors (Lipinski definition) is 1. The van der Waals surface area contributed by atoms with E-state index in [1.807, 2.05) is 13.0 Å². The van der Waals surface area contributed by atoms with Crippen molar-refractivity contribution in [3.05, 3.63) is 64.2 Å². The molecule has 1 nitrogen and oxygen atoms in total. The summed E-state index contributed by atoms with van der Waals surface area (Å²) in [5, 5.41) is 9.59. The Labute approximate surface area is 122 Å². The normalized spacial score (nSPS) is 10.8. The maximum atomic E-state index is 9.59. The van der Waals surface area contributed by atoms with Crippen molar-refractivity contribution in [3.63, 3.8) is 0 Å². The van der Waals surface area contributed by atoms with Crippen LogP contribution in [0.15, 0.2) is 36.4 Å². The average molecular weight is 268 g/mol. The van der Waals surface area contributed by atoms with Crippen LogP contribution in [0.5, 0.6) is 5.75 Å². The predicted molar refractivity (Wildman–Crippen MR) is 85.5 cm³/mol. The Morgan fingerprint density at radius 1 is 0.900 bits per heavy atom. The van der Waals surface area contributed by atoms with E-state index >= 15 is 0 Å². The fraction of sp³-hybridized carbons (Fsp3) is 0.368. The van der Waals surface area contributed by atoms with Gasteiger partial charge in [0.1, 0.15) is 5.75 Å². The van der Waals surface area contributed by atoms with Crippen molar-refractivity contribution in [2.24, 2.45) is 0 Å². The lowest BCUT2D eigenvalue weighted by atomic mass is 9.95. The van der Waals surface area contributed by atoms with Crippen molar-refractivity contribution in [3.8, 4) is 5.75 Å². The molecule has 1 N–H and O–H groups in total. The van der Waals surface area contributed by atoms with Crippen LogP contribution in [0.25, 0.3) is 0 Å². The molecule has 0 amide bonds. The zero-order valence-electron chi connectivity index (χ0n) is 12.7. The van der Waals surface area contributed by atoms with Crippen molar-refractivity contribution in [2.45, 2.75) is 46.5 Å². The minimum Gasteiger partial charge on any atom is -0.508 e. The molecule has 0 aliphatic carbocycles. The van der Waals surface area contributed by atoms with Crippen LogP contribution in [0.2, 0.25) is 0 Å². The molecule has 0 spiro atoms. The van der Waals surface area contributed by atoms with Gasteiger partial charge in [-0.15, -0.1) is 0 Å². The minimum absolute atomic E-state index is 0.376. The molecule has 106 valence electrons. The lowest BCUT2D eigenvalue weighted by Gasteiger charge is -2.10. The van der Waals surface area contributed by atoms with Gasteiger partial charge in [0, 0.05) is 0 Å². The highest BCUT2D eigenvalue weighted by molar-refractivity contribution is 5.39. The van der Waals surface area contributed by atoms with Crippen molar-refractivity contribution in [1.29, 1.82) is 0 Å². The topological polar surface area (TPSA) is 20.2 Å². The third-order valence-corrected chi connectivity index (χ3v) is 3.84. The first kappa shape index (κ1) is 14.6. The van der Waals surface area contributed by atoms with Crippen LogP contribution in [0.4, 0.5) is 0 Å². The van der Waals surface area contributed by atoms with E-state index < -0.39 is 0 Å². The highest BCUT2D eigenvalue weighted by Gasteiger charge is 2.04. The number of phenols is 1. The van der Waals surface area contributed by atoms with Crippen LogP contribution in [0.1, 0.15) is 48.1 Å². The van der Waals surface area contributed by atoms with Gasteiger partial charge in [-0.05, 0) is 60.1 Å². The second-order valence-corrected chi connectivity index (χ2v) is 5.50. The molecule has 0 saturated heterocycles. The SMILES string of the molecule is CCCc1ccc(Cc2ccc(O)c(C)c2)cc1CC. The van der Waals surface area contributed by atoms with Crippen LogP contribution in [0, 0.1) is 6.92 Å². The molecule has 0 bridgehead atoms. The molecule has 0 aliphatic rings. The van der Waals surface area contributed by atoms with E-state index in [2.05, 4.69) is 38.1 Å². The smallest absolute Gasteiger partial charge is 0.118 e. The first-order valence-corrected chi connectivity index (χ1v) is 7.53. The third-order valence-electron chi connectivity index (χ3n) is 3.84. The van der Waals surface area contributed by atoms with Gasteiger partial charge in [-0.25, -0.2) is 0 Å². The van der Waals surface area contributed by atoms with Gasteiger partial charge in [-0.2, -0.15) is 0 Å². The molecule has 0 fully saturated rings. The molecular formula is C19H24O. The maximum absolute atomic E-state index is 9.59. The Hall–Kier alpha value is -1.76. The van der Waals surface area contributed by atoms with Crippen LogP contribution in [-0.4, -0.2) is 5.11 Å². The summed E-state index contributed by atoms with van der Waals surface area (Å²) in [4.78, 5) is 0. The van der Waals surface area contributed by atoms with Gasteiger partial charge in [0.2, 0.25) is 0 Å². The number of benzene rings is 2. The molecule has 2 rings (SSSR count). The maximum Gasteiger partial charge on any atom is 0.118 e. The lowest BCUT2D eigenvalue weighted by Crippen LogP contribution is -1.96. The molecule has 0 heterocycles. The quantitative estimate of drug-likeness (QED) is 0.825. The summed E-state index contributed by atoms with van der Waals surface area (Å²) in [5.74, 6) is 0.376. The summed E-state index contributed by atoms with van der Waals surface area (Å²) in [6.45, 7) is 6.40. The third kappa shape index (κ3) is 3.41. The van der Waals surface area contributed by atoms with Crippen molar-refractivity contribution in [1.82, 2.24) is 0 Å². The van der Waals surface area contributed by atoms with Gasteiger partial charge in [-0.1, -0.05) is 50.6 Å². The Morgan fingerprint density at radius 3 is 2.25 bits per heavy atom. The second kappa shape index (κ2) is 6.60. The monoisotopic (exact) mass is 268 g/mol. The molecule has 0 radical (unpaired) electrons. The number of aromatic hydroxyl groups is 1. The molecule has 0 aromatic heterocycles. The van der Waals surface area contributed by atoms with Gasteiger partial charge >= 0.3 is 0 Å². The summed E-state index contributed by atoms with van der Waals surface area (Å²) >= 11 is 0. The highest BCUT2D eigenvalue weighted by atomic mass is 16.3.